The van der Waals surface area contributed by atoms with Crippen molar-refractivity contribution in [2.24, 2.45) is 4.99 Å². The van der Waals surface area contributed by atoms with Crippen molar-refractivity contribution in [3.63, 3.8) is 0 Å². The summed E-state index contributed by atoms with van der Waals surface area (Å²) in [5.74, 6) is 0.564. The Bertz CT molecular complexity index is 183. The second-order valence-corrected chi connectivity index (χ2v) is 1.88. The highest BCUT2D eigenvalue weighted by Crippen LogP contribution is 1.93. The second kappa shape index (κ2) is 3.03. The molecule has 0 aliphatic carbocycles. The molecule has 0 saturated heterocycles. The summed E-state index contributed by atoms with van der Waals surface area (Å²) in [7, 11) is 1.79. The standard InChI is InChI=1S/C5H8N4O/c1-9-4-10-3-8-5(9)7-2-6/h3-4H2,1H3,(H,7,8). The molecule has 0 atom stereocenters. The lowest BCUT2D eigenvalue weighted by Crippen LogP contribution is -2.40. The smallest absolute Gasteiger partial charge is 0.211 e. The van der Waals surface area contributed by atoms with Gasteiger partial charge in [-0.3, -0.25) is 5.32 Å². The summed E-state index contributed by atoms with van der Waals surface area (Å²) in [6, 6.07) is 0. The quantitative estimate of drug-likeness (QED) is 0.356. The van der Waals surface area contributed by atoms with Gasteiger partial charge in [-0.25, -0.2) is 4.99 Å². The highest BCUT2D eigenvalue weighted by atomic mass is 16.5. The van der Waals surface area contributed by atoms with E-state index in [0.29, 0.717) is 19.4 Å². The van der Waals surface area contributed by atoms with E-state index in [4.69, 9.17) is 10.00 Å². The fourth-order valence-electron chi connectivity index (χ4n) is 0.651. The van der Waals surface area contributed by atoms with Gasteiger partial charge in [0.05, 0.1) is 0 Å². The highest BCUT2D eigenvalue weighted by molar-refractivity contribution is 5.81. The van der Waals surface area contributed by atoms with E-state index in [0.717, 1.165) is 0 Å². The topological polar surface area (TPSA) is 60.6 Å². The van der Waals surface area contributed by atoms with Gasteiger partial charge in [-0.1, -0.05) is 0 Å². The summed E-state index contributed by atoms with van der Waals surface area (Å²) < 4.78 is 4.95. The van der Waals surface area contributed by atoms with Crippen LogP contribution < -0.4 is 5.32 Å². The normalized spacial score (nSPS) is 17.6. The predicted molar refractivity (Wildman–Crippen MR) is 34.8 cm³/mol. The zero-order valence-electron chi connectivity index (χ0n) is 5.66. The minimum atomic E-state index is 0.328. The minimum Gasteiger partial charge on any atom is -0.339 e. The van der Waals surface area contributed by atoms with Gasteiger partial charge in [-0.15, -0.1) is 0 Å². The number of hydrogen-bond acceptors (Lipinski definition) is 5. The maximum atomic E-state index is 8.23. The molecule has 0 saturated carbocycles. The Morgan fingerprint density at radius 1 is 1.90 bits per heavy atom. The number of hydrogen-bond donors (Lipinski definition) is 1. The van der Waals surface area contributed by atoms with Crippen LogP contribution in [-0.2, 0) is 4.74 Å². The van der Waals surface area contributed by atoms with E-state index < -0.39 is 0 Å². The molecule has 0 aromatic carbocycles. The number of aliphatic imine (C=N–C) groups is 1. The van der Waals surface area contributed by atoms with E-state index >= 15 is 0 Å². The molecule has 1 aliphatic heterocycles. The van der Waals surface area contributed by atoms with Crippen molar-refractivity contribution in [3.8, 4) is 6.19 Å². The molecule has 1 aliphatic rings. The van der Waals surface area contributed by atoms with Crippen LogP contribution in [0, 0.1) is 11.5 Å². The molecule has 5 heteroatoms. The second-order valence-electron chi connectivity index (χ2n) is 1.88. The molecule has 54 valence electrons. The average molecular weight is 140 g/mol. The van der Waals surface area contributed by atoms with Crippen LogP contribution in [0.2, 0.25) is 0 Å². The summed E-state index contributed by atoms with van der Waals surface area (Å²) in [5, 5.41) is 10.7. The zero-order chi connectivity index (χ0) is 7.40. The lowest BCUT2D eigenvalue weighted by atomic mass is 10.7. The maximum absolute atomic E-state index is 8.23. The molecule has 5 nitrogen and oxygen atoms in total. The third kappa shape index (κ3) is 1.36. The van der Waals surface area contributed by atoms with Gasteiger partial charge in [0.2, 0.25) is 5.96 Å². The van der Waals surface area contributed by atoms with E-state index in [1.165, 1.54) is 0 Å². The Morgan fingerprint density at radius 3 is 3.30 bits per heavy atom. The van der Waals surface area contributed by atoms with E-state index in [-0.39, 0.29) is 0 Å². The predicted octanol–water partition coefficient (Wildman–Crippen LogP) is -0.710. The number of nitriles is 1. The summed E-state index contributed by atoms with van der Waals surface area (Å²) in [5.41, 5.74) is 0. The Kier molecular flexibility index (Phi) is 2.07. The minimum absolute atomic E-state index is 0.328. The number of rotatable bonds is 0. The van der Waals surface area contributed by atoms with Gasteiger partial charge in [-0.05, 0) is 0 Å². The van der Waals surface area contributed by atoms with Gasteiger partial charge in [-0.2, -0.15) is 5.26 Å². The maximum Gasteiger partial charge on any atom is 0.211 e. The summed E-state index contributed by atoms with van der Waals surface area (Å²) in [4.78, 5) is 5.60. The molecule has 1 rings (SSSR count). The van der Waals surface area contributed by atoms with Crippen LogP contribution in [0.1, 0.15) is 0 Å². The summed E-state index contributed by atoms with van der Waals surface area (Å²) in [6.07, 6.45) is 1.79. The van der Waals surface area contributed by atoms with Crippen LogP contribution in [0.3, 0.4) is 0 Å². The van der Waals surface area contributed by atoms with Gasteiger partial charge in [0.15, 0.2) is 6.19 Å². The first-order valence-corrected chi connectivity index (χ1v) is 2.83. The van der Waals surface area contributed by atoms with Crippen LogP contribution in [-0.4, -0.2) is 31.4 Å². The van der Waals surface area contributed by atoms with E-state index in [1.54, 1.807) is 18.1 Å². The molecule has 0 bridgehead atoms. The van der Waals surface area contributed by atoms with Crippen LogP contribution in [0.25, 0.3) is 0 Å². The first kappa shape index (κ1) is 6.83. The van der Waals surface area contributed by atoms with Crippen LogP contribution >= 0.6 is 0 Å². The number of nitrogens with one attached hydrogen (secondary N) is 1. The Labute approximate surface area is 58.9 Å². The molecule has 1 heterocycles. The molecule has 0 unspecified atom stereocenters. The summed E-state index contributed by atoms with van der Waals surface area (Å²) in [6.45, 7) is 0.807. The summed E-state index contributed by atoms with van der Waals surface area (Å²) >= 11 is 0. The molecule has 10 heavy (non-hydrogen) atoms. The molecule has 0 spiro atoms. The van der Waals surface area contributed by atoms with Crippen LogP contribution in [0.5, 0.6) is 0 Å². The largest absolute Gasteiger partial charge is 0.339 e. The Hall–Kier alpha value is -1.28. The Balaban J connectivity index is 2.55. The first-order chi connectivity index (χ1) is 4.84. The van der Waals surface area contributed by atoms with Crippen molar-refractivity contribution in [3.05, 3.63) is 0 Å². The van der Waals surface area contributed by atoms with Crippen molar-refractivity contribution < 1.29 is 4.74 Å². The molecule has 0 radical (unpaired) electrons. The van der Waals surface area contributed by atoms with Crippen molar-refractivity contribution in [1.82, 2.24) is 10.2 Å². The molecule has 0 aromatic rings. The lowest BCUT2D eigenvalue weighted by molar-refractivity contribution is 0.0634. The zero-order valence-corrected chi connectivity index (χ0v) is 5.66. The van der Waals surface area contributed by atoms with E-state index in [2.05, 4.69) is 10.3 Å². The van der Waals surface area contributed by atoms with Gasteiger partial charge in [0.1, 0.15) is 13.5 Å². The van der Waals surface area contributed by atoms with Crippen molar-refractivity contribution >= 4 is 5.96 Å². The fourth-order valence-corrected chi connectivity index (χ4v) is 0.651. The molecule has 0 fully saturated rings. The van der Waals surface area contributed by atoms with E-state index in [9.17, 15) is 0 Å². The van der Waals surface area contributed by atoms with Crippen molar-refractivity contribution in [2.45, 2.75) is 0 Å². The van der Waals surface area contributed by atoms with E-state index in [1.807, 2.05) is 0 Å². The van der Waals surface area contributed by atoms with Crippen LogP contribution in [0.4, 0.5) is 0 Å². The van der Waals surface area contributed by atoms with Crippen molar-refractivity contribution in [1.29, 1.82) is 5.26 Å². The molecule has 0 aromatic heterocycles. The molecule has 1 N–H and O–H groups in total. The average Bonchev–Trinajstić information content (AvgIpc) is 1.94. The van der Waals surface area contributed by atoms with Gasteiger partial charge < -0.3 is 9.64 Å². The van der Waals surface area contributed by atoms with Crippen LogP contribution in [0.15, 0.2) is 4.99 Å². The third-order valence-corrected chi connectivity index (χ3v) is 1.12. The lowest BCUT2D eigenvalue weighted by Gasteiger charge is -2.22. The van der Waals surface area contributed by atoms with Gasteiger partial charge in [0, 0.05) is 7.05 Å². The fraction of sp³-hybridized carbons (Fsp3) is 0.600. The SMILES string of the molecule is CN1COCN=C1NC#N. The number of ether oxygens (including phenoxy) is 1. The third-order valence-electron chi connectivity index (χ3n) is 1.12. The van der Waals surface area contributed by atoms with Gasteiger partial charge >= 0.3 is 0 Å². The molecular weight excluding hydrogens is 132 g/mol. The number of guanidine groups is 1. The first-order valence-electron chi connectivity index (χ1n) is 2.83. The molecule has 0 amide bonds. The Morgan fingerprint density at radius 2 is 2.70 bits per heavy atom. The number of nitrogens with zero attached hydrogens (tertiary/aromatic N) is 3. The molecular formula is C5H8N4O. The van der Waals surface area contributed by atoms with Crippen molar-refractivity contribution in [2.75, 3.05) is 20.5 Å². The monoisotopic (exact) mass is 140 g/mol. The van der Waals surface area contributed by atoms with Gasteiger partial charge in [0.25, 0.3) is 0 Å². The highest BCUT2D eigenvalue weighted by Gasteiger charge is 2.08.